The highest BCUT2D eigenvalue weighted by Crippen LogP contribution is 2.33. The number of nitrogens with one attached hydrogen (secondary N) is 4. The quantitative estimate of drug-likeness (QED) is 0.0729. The van der Waals surface area contributed by atoms with Gasteiger partial charge in [0.25, 0.3) is 0 Å². The molecule has 1 aliphatic heterocycles. The van der Waals surface area contributed by atoms with Crippen LogP contribution in [0.25, 0.3) is 11.2 Å². The maximum atomic E-state index is 12.7. The first kappa shape index (κ1) is 36.8. The third-order valence-electron chi connectivity index (χ3n) is 8.12. The predicted octanol–water partition coefficient (Wildman–Crippen LogP) is 1.90. The van der Waals surface area contributed by atoms with Gasteiger partial charge in [0.1, 0.15) is 31.2 Å². The number of aromatic nitrogens is 4. The van der Waals surface area contributed by atoms with Gasteiger partial charge in [-0.3, -0.25) is 23.7 Å². The third kappa shape index (κ3) is 10.1. The Morgan fingerprint density at radius 2 is 1.53 bits per heavy atom. The average molecular weight is 703 g/mol. The molecule has 0 unspecified atom stereocenters. The summed E-state index contributed by atoms with van der Waals surface area (Å²) in [5.41, 5.74) is 3.60. The Hall–Kier alpha value is -5.45. The number of benzene rings is 2. The van der Waals surface area contributed by atoms with Crippen molar-refractivity contribution in [3.05, 3.63) is 72.3 Å². The molecule has 0 bridgehead atoms. The molecular formula is C35H42N8O8. The number of carbonyl (C=O) groups excluding carboxylic acids is 4. The zero-order chi connectivity index (χ0) is 36.3. The van der Waals surface area contributed by atoms with Crippen LogP contribution >= 0.6 is 0 Å². The molecule has 6 N–H and O–H groups in total. The SMILES string of the molecule is CCCCC(=O)OC[C@H]1O[C@@H](n2cnc3c(Nc4ccc(CC(=O)Nc5ccc(CC(=O)NCCNC(C)=O)cc5)cc4)ncnc32)[C@H](O)[C@@H]1O. The van der Waals surface area contributed by atoms with Gasteiger partial charge in [-0.1, -0.05) is 37.6 Å². The van der Waals surface area contributed by atoms with E-state index in [4.69, 9.17) is 9.47 Å². The zero-order valence-corrected chi connectivity index (χ0v) is 28.4. The van der Waals surface area contributed by atoms with Crippen molar-refractivity contribution in [3.63, 3.8) is 0 Å². The molecule has 2 aromatic heterocycles. The van der Waals surface area contributed by atoms with Crippen LogP contribution in [0, 0.1) is 0 Å². The standard InChI is InChI=1S/C35H42N8O8/c1-3-4-5-29(47)50-18-26-31(48)32(49)35(51-26)43-20-40-30-33(38-19-39-34(30)43)42-25-12-8-23(9-13-25)17-28(46)41-24-10-6-22(7-11-24)16-27(45)37-15-14-36-21(2)44/h6-13,19-20,26,31-32,35,48-49H,3-5,14-18H2,1-2H3,(H,36,44)(H,37,45)(H,41,46)(H,38,39,42)/t26-,31-,32-,35-/m1/s1. The molecule has 270 valence electrons. The molecule has 2 aromatic carbocycles. The molecule has 0 saturated carbocycles. The van der Waals surface area contributed by atoms with E-state index < -0.39 is 30.5 Å². The number of aliphatic hydroxyl groups excluding tert-OH is 2. The molecule has 0 radical (unpaired) electrons. The second kappa shape index (κ2) is 17.5. The van der Waals surface area contributed by atoms with E-state index in [0.717, 1.165) is 17.5 Å². The van der Waals surface area contributed by atoms with Crippen LogP contribution in [-0.2, 0) is 41.5 Å². The Morgan fingerprint density at radius 3 is 2.22 bits per heavy atom. The number of aliphatic hydroxyl groups is 2. The molecule has 16 heteroatoms. The molecular weight excluding hydrogens is 660 g/mol. The first-order chi connectivity index (χ1) is 24.6. The molecule has 1 fully saturated rings. The minimum atomic E-state index is -1.32. The molecule has 1 saturated heterocycles. The number of imidazole rings is 1. The Bertz CT molecular complexity index is 1810. The Kier molecular flexibility index (Phi) is 12.6. The fraction of sp³-hybridized carbons (Fsp3) is 0.400. The van der Waals surface area contributed by atoms with Crippen LogP contribution in [0.1, 0.15) is 50.5 Å². The van der Waals surface area contributed by atoms with Gasteiger partial charge in [-0.05, 0) is 41.8 Å². The van der Waals surface area contributed by atoms with Crippen molar-refractivity contribution >= 4 is 52.0 Å². The smallest absolute Gasteiger partial charge is 0.305 e. The van der Waals surface area contributed by atoms with Gasteiger partial charge in [-0.15, -0.1) is 0 Å². The maximum absolute atomic E-state index is 12.7. The van der Waals surface area contributed by atoms with Crippen molar-refractivity contribution in [2.75, 3.05) is 30.3 Å². The van der Waals surface area contributed by atoms with E-state index in [0.29, 0.717) is 47.9 Å². The van der Waals surface area contributed by atoms with Crippen molar-refractivity contribution in [3.8, 4) is 0 Å². The monoisotopic (exact) mass is 702 g/mol. The highest BCUT2D eigenvalue weighted by Gasteiger charge is 2.45. The largest absolute Gasteiger partial charge is 0.463 e. The van der Waals surface area contributed by atoms with Crippen molar-refractivity contribution in [2.24, 2.45) is 0 Å². The lowest BCUT2D eigenvalue weighted by molar-refractivity contribution is -0.150. The van der Waals surface area contributed by atoms with E-state index in [-0.39, 0.29) is 43.6 Å². The molecule has 5 rings (SSSR count). The molecule has 3 amide bonds. The summed E-state index contributed by atoms with van der Waals surface area (Å²) >= 11 is 0. The zero-order valence-electron chi connectivity index (χ0n) is 28.4. The molecule has 0 spiro atoms. The minimum Gasteiger partial charge on any atom is -0.463 e. The maximum Gasteiger partial charge on any atom is 0.305 e. The van der Waals surface area contributed by atoms with Gasteiger partial charge in [0.05, 0.1) is 19.2 Å². The van der Waals surface area contributed by atoms with Crippen molar-refractivity contribution < 1.29 is 38.9 Å². The molecule has 16 nitrogen and oxygen atoms in total. The Morgan fingerprint density at radius 1 is 0.863 bits per heavy atom. The fourth-order valence-electron chi connectivity index (χ4n) is 5.42. The second-order valence-electron chi connectivity index (χ2n) is 12.1. The summed E-state index contributed by atoms with van der Waals surface area (Å²) in [6, 6.07) is 14.2. The van der Waals surface area contributed by atoms with Crippen LogP contribution in [0.4, 0.5) is 17.2 Å². The predicted molar refractivity (Wildman–Crippen MR) is 186 cm³/mol. The first-order valence-corrected chi connectivity index (χ1v) is 16.7. The van der Waals surface area contributed by atoms with Gasteiger partial charge in [-0.25, -0.2) is 15.0 Å². The summed E-state index contributed by atoms with van der Waals surface area (Å²) in [5, 5.41) is 32.7. The van der Waals surface area contributed by atoms with Gasteiger partial charge in [0.2, 0.25) is 17.7 Å². The van der Waals surface area contributed by atoms with E-state index >= 15 is 0 Å². The van der Waals surface area contributed by atoms with Crippen molar-refractivity contribution in [1.29, 1.82) is 0 Å². The summed E-state index contributed by atoms with van der Waals surface area (Å²) in [6.45, 7) is 3.90. The molecule has 51 heavy (non-hydrogen) atoms. The number of anilines is 3. The molecule has 1 aliphatic rings. The van der Waals surface area contributed by atoms with E-state index in [9.17, 15) is 29.4 Å². The van der Waals surface area contributed by atoms with E-state index in [1.807, 2.05) is 19.1 Å². The summed E-state index contributed by atoms with van der Waals surface area (Å²) in [7, 11) is 0. The summed E-state index contributed by atoms with van der Waals surface area (Å²) < 4.78 is 12.6. The van der Waals surface area contributed by atoms with Crippen LogP contribution in [0.15, 0.2) is 61.2 Å². The number of unbranched alkanes of at least 4 members (excludes halogenated alkanes) is 1. The van der Waals surface area contributed by atoms with Crippen LogP contribution in [0.2, 0.25) is 0 Å². The highest BCUT2D eigenvalue weighted by atomic mass is 16.6. The molecule has 4 atom stereocenters. The third-order valence-corrected chi connectivity index (χ3v) is 8.12. The number of hydrogen-bond acceptors (Lipinski definition) is 12. The number of rotatable bonds is 16. The Labute approximate surface area is 294 Å². The summed E-state index contributed by atoms with van der Waals surface area (Å²) in [4.78, 5) is 60.7. The number of hydrogen-bond donors (Lipinski definition) is 6. The lowest BCUT2D eigenvalue weighted by atomic mass is 10.1. The minimum absolute atomic E-state index is 0.134. The number of amides is 3. The van der Waals surface area contributed by atoms with E-state index in [2.05, 4.69) is 36.2 Å². The van der Waals surface area contributed by atoms with Crippen LogP contribution < -0.4 is 21.3 Å². The second-order valence-corrected chi connectivity index (χ2v) is 12.1. The number of nitrogens with zero attached hydrogens (tertiary/aromatic N) is 4. The van der Waals surface area contributed by atoms with Crippen LogP contribution in [-0.4, -0.2) is 91.4 Å². The first-order valence-electron chi connectivity index (χ1n) is 16.7. The average Bonchev–Trinajstić information content (AvgIpc) is 3.67. The van der Waals surface area contributed by atoms with Crippen LogP contribution in [0.5, 0.6) is 0 Å². The lowest BCUT2D eigenvalue weighted by Crippen LogP contribution is -2.34. The lowest BCUT2D eigenvalue weighted by Gasteiger charge is -2.16. The van der Waals surface area contributed by atoms with E-state index in [1.165, 1.54) is 24.1 Å². The number of carbonyl (C=O) groups is 4. The molecule has 4 aromatic rings. The normalized spacial score (nSPS) is 18.3. The number of esters is 1. The summed E-state index contributed by atoms with van der Waals surface area (Å²) in [5.74, 6) is -0.524. The van der Waals surface area contributed by atoms with Crippen molar-refractivity contribution in [2.45, 2.75) is 70.5 Å². The molecule has 0 aliphatic carbocycles. The van der Waals surface area contributed by atoms with Gasteiger partial charge in [0, 0.05) is 37.8 Å². The number of ether oxygens (including phenoxy) is 2. The van der Waals surface area contributed by atoms with Crippen molar-refractivity contribution in [1.82, 2.24) is 30.2 Å². The highest BCUT2D eigenvalue weighted by molar-refractivity contribution is 5.92. The topological polar surface area (TPSA) is 219 Å². The molecule has 3 heterocycles. The van der Waals surface area contributed by atoms with E-state index in [1.54, 1.807) is 36.4 Å². The van der Waals surface area contributed by atoms with Crippen LogP contribution in [0.3, 0.4) is 0 Å². The number of fused-ring (bicyclic) bond motifs is 1. The van der Waals surface area contributed by atoms with Gasteiger partial charge in [-0.2, -0.15) is 0 Å². The van der Waals surface area contributed by atoms with Gasteiger partial charge < -0.3 is 41.0 Å². The van der Waals surface area contributed by atoms with Gasteiger partial charge in [0.15, 0.2) is 23.2 Å². The fourth-order valence-corrected chi connectivity index (χ4v) is 5.42. The van der Waals surface area contributed by atoms with Gasteiger partial charge >= 0.3 is 5.97 Å². The summed E-state index contributed by atoms with van der Waals surface area (Å²) in [6.07, 6.45) is 0.363. The Balaban J connectivity index is 1.13.